The van der Waals surface area contributed by atoms with Crippen LogP contribution in [0.3, 0.4) is 0 Å². The van der Waals surface area contributed by atoms with E-state index in [-0.39, 0.29) is 0 Å². The van der Waals surface area contributed by atoms with Gasteiger partial charge >= 0.3 is 0 Å². The summed E-state index contributed by atoms with van der Waals surface area (Å²) in [7, 11) is 0. The van der Waals surface area contributed by atoms with Gasteiger partial charge in [-0.2, -0.15) is 0 Å². The standard InChI is InChI=1S/C20H27NO/c1-4-14-22-19-12-10-17(11-13-19)20(5-2)21-15-18-9-7-6-8-16(18)3/h6-13,20-21H,4-5,14-15H2,1-3H3. The van der Waals surface area contributed by atoms with Crippen LogP contribution in [-0.4, -0.2) is 6.61 Å². The highest BCUT2D eigenvalue weighted by atomic mass is 16.5. The Hall–Kier alpha value is -1.80. The first-order chi connectivity index (χ1) is 10.7. The summed E-state index contributed by atoms with van der Waals surface area (Å²) in [5.41, 5.74) is 4.02. The fraction of sp³-hybridized carbons (Fsp3) is 0.400. The Kier molecular flexibility index (Phi) is 6.47. The lowest BCUT2D eigenvalue weighted by molar-refractivity contribution is 0.317. The molecule has 118 valence electrons. The number of rotatable bonds is 8. The van der Waals surface area contributed by atoms with Crippen LogP contribution in [0.2, 0.25) is 0 Å². The van der Waals surface area contributed by atoms with Gasteiger partial charge in [-0.15, -0.1) is 0 Å². The van der Waals surface area contributed by atoms with E-state index in [1.807, 2.05) is 0 Å². The zero-order chi connectivity index (χ0) is 15.8. The van der Waals surface area contributed by atoms with Gasteiger partial charge in [-0.05, 0) is 48.6 Å². The van der Waals surface area contributed by atoms with E-state index >= 15 is 0 Å². The van der Waals surface area contributed by atoms with Crippen molar-refractivity contribution < 1.29 is 4.74 Å². The molecule has 0 aliphatic carbocycles. The molecule has 2 nitrogen and oxygen atoms in total. The molecule has 0 aromatic heterocycles. The minimum atomic E-state index is 0.375. The second-order valence-electron chi connectivity index (χ2n) is 5.69. The lowest BCUT2D eigenvalue weighted by Gasteiger charge is -2.19. The van der Waals surface area contributed by atoms with Gasteiger partial charge in [0.1, 0.15) is 5.75 Å². The SMILES string of the molecule is CCCOc1ccc(C(CC)NCc2ccccc2C)cc1. The summed E-state index contributed by atoms with van der Waals surface area (Å²) in [5.74, 6) is 0.958. The third-order valence-electron chi connectivity index (χ3n) is 3.96. The molecule has 2 rings (SSSR count). The normalized spacial score (nSPS) is 12.1. The largest absolute Gasteiger partial charge is 0.494 e. The van der Waals surface area contributed by atoms with Crippen molar-refractivity contribution in [3.05, 3.63) is 65.2 Å². The molecule has 0 heterocycles. The van der Waals surface area contributed by atoms with Gasteiger partial charge in [0, 0.05) is 12.6 Å². The Balaban J connectivity index is 1.97. The van der Waals surface area contributed by atoms with Crippen LogP contribution >= 0.6 is 0 Å². The molecule has 22 heavy (non-hydrogen) atoms. The predicted octanol–water partition coefficient (Wildman–Crippen LogP) is 5.02. The molecule has 2 aromatic rings. The fourth-order valence-electron chi connectivity index (χ4n) is 2.56. The molecular weight excluding hydrogens is 270 g/mol. The highest BCUT2D eigenvalue weighted by Crippen LogP contribution is 2.21. The third kappa shape index (κ3) is 4.60. The summed E-state index contributed by atoms with van der Waals surface area (Å²) >= 11 is 0. The maximum Gasteiger partial charge on any atom is 0.119 e. The van der Waals surface area contributed by atoms with Crippen LogP contribution in [0.25, 0.3) is 0 Å². The molecule has 0 saturated heterocycles. The maximum absolute atomic E-state index is 5.65. The van der Waals surface area contributed by atoms with Gasteiger partial charge < -0.3 is 10.1 Å². The van der Waals surface area contributed by atoms with Crippen molar-refractivity contribution in [2.24, 2.45) is 0 Å². The molecule has 1 atom stereocenters. The molecular formula is C20H27NO. The quantitative estimate of drug-likeness (QED) is 0.738. The van der Waals surface area contributed by atoms with Crippen molar-refractivity contribution in [1.29, 1.82) is 0 Å². The molecule has 0 saturated carbocycles. The Bertz CT molecular complexity index is 562. The van der Waals surface area contributed by atoms with E-state index in [2.05, 4.69) is 74.6 Å². The van der Waals surface area contributed by atoms with Crippen LogP contribution in [0.4, 0.5) is 0 Å². The zero-order valence-electron chi connectivity index (χ0n) is 13.9. The van der Waals surface area contributed by atoms with E-state index < -0.39 is 0 Å². The maximum atomic E-state index is 5.65. The summed E-state index contributed by atoms with van der Waals surface area (Å²) in [6, 6.07) is 17.4. The molecule has 1 unspecified atom stereocenters. The third-order valence-corrected chi connectivity index (χ3v) is 3.96. The van der Waals surface area contributed by atoms with Crippen LogP contribution in [0, 0.1) is 6.92 Å². The highest BCUT2D eigenvalue weighted by Gasteiger charge is 2.09. The van der Waals surface area contributed by atoms with E-state index in [0.29, 0.717) is 6.04 Å². The van der Waals surface area contributed by atoms with Crippen LogP contribution in [-0.2, 0) is 6.54 Å². The molecule has 2 aromatic carbocycles. The number of aryl methyl sites for hydroxylation is 1. The number of benzene rings is 2. The molecule has 1 N–H and O–H groups in total. The number of ether oxygens (including phenoxy) is 1. The lowest BCUT2D eigenvalue weighted by atomic mass is 10.0. The first kappa shape index (κ1) is 16.6. The van der Waals surface area contributed by atoms with Crippen molar-refractivity contribution in [3.63, 3.8) is 0 Å². The first-order valence-corrected chi connectivity index (χ1v) is 8.25. The number of hydrogen-bond acceptors (Lipinski definition) is 2. The number of nitrogens with one attached hydrogen (secondary N) is 1. The van der Waals surface area contributed by atoms with Gasteiger partial charge in [-0.25, -0.2) is 0 Å². The van der Waals surface area contributed by atoms with E-state index in [9.17, 15) is 0 Å². The fourth-order valence-corrected chi connectivity index (χ4v) is 2.56. The van der Waals surface area contributed by atoms with Crippen LogP contribution in [0.15, 0.2) is 48.5 Å². The smallest absolute Gasteiger partial charge is 0.119 e. The average molecular weight is 297 g/mol. The molecule has 0 spiro atoms. The average Bonchev–Trinajstić information content (AvgIpc) is 2.56. The van der Waals surface area contributed by atoms with Gasteiger partial charge in [0.25, 0.3) is 0 Å². The minimum Gasteiger partial charge on any atom is -0.494 e. The summed E-state index contributed by atoms with van der Waals surface area (Å²) in [6.07, 6.45) is 2.11. The minimum absolute atomic E-state index is 0.375. The van der Waals surface area contributed by atoms with Gasteiger partial charge in [-0.1, -0.05) is 50.2 Å². The molecule has 0 fully saturated rings. The lowest BCUT2D eigenvalue weighted by Crippen LogP contribution is -2.20. The molecule has 0 radical (unpaired) electrons. The van der Waals surface area contributed by atoms with Crippen LogP contribution < -0.4 is 10.1 Å². The van der Waals surface area contributed by atoms with E-state index in [4.69, 9.17) is 4.74 Å². The molecule has 0 amide bonds. The zero-order valence-corrected chi connectivity index (χ0v) is 13.9. The van der Waals surface area contributed by atoms with E-state index in [0.717, 1.165) is 31.7 Å². The summed E-state index contributed by atoms with van der Waals surface area (Å²) < 4.78 is 5.65. The Labute approximate surface area is 134 Å². The van der Waals surface area contributed by atoms with E-state index in [1.54, 1.807) is 0 Å². The van der Waals surface area contributed by atoms with Gasteiger partial charge in [0.05, 0.1) is 6.61 Å². The molecule has 0 bridgehead atoms. The van der Waals surface area contributed by atoms with Gasteiger partial charge in [0.2, 0.25) is 0 Å². The monoisotopic (exact) mass is 297 g/mol. The second-order valence-corrected chi connectivity index (χ2v) is 5.69. The summed E-state index contributed by atoms with van der Waals surface area (Å²) in [4.78, 5) is 0. The Morgan fingerprint density at radius 3 is 2.36 bits per heavy atom. The van der Waals surface area contributed by atoms with Gasteiger partial charge in [0.15, 0.2) is 0 Å². The second kappa shape index (κ2) is 8.60. The molecule has 0 aliphatic heterocycles. The van der Waals surface area contributed by atoms with Crippen molar-refractivity contribution >= 4 is 0 Å². The van der Waals surface area contributed by atoms with Crippen molar-refractivity contribution in [1.82, 2.24) is 5.32 Å². The topological polar surface area (TPSA) is 21.3 Å². The van der Waals surface area contributed by atoms with Crippen molar-refractivity contribution in [2.45, 2.75) is 46.2 Å². The Morgan fingerprint density at radius 1 is 1.00 bits per heavy atom. The van der Waals surface area contributed by atoms with Crippen LogP contribution in [0.1, 0.15) is 49.4 Å². The highest BCUT2D eigenvalue weighted by molar-refractivity contribution is 5.30. The number of hydrogen-bond donors (Lipinski definition) is 1. The van der Waals surface area contributed by atoms with Gasteiger partial charge in [-0.3, -0.25) is 0 Å². The molecule has 0 aliphatic rings. The molecule has 2 heteroatoms. The van der Waals surface area contributed by atoms with Crippen molar-refractivity contribution in [3.8, 4) is 5.75 Å². The van der Waals surface area contributed by atoms with Crippen LogP contribution in [0.5, 0.6) is 5.75 Å². The predicted molar refractivity (Wildman–Crippen MR) is 93.3 cm³/mol. The van der Waals surface area contributed by atoms with Crippen molar-refractivity contribution in [2.75, 3.05) is 6.61 Å². The Morgan fingerprint density at radius 2 is 1.73 bits per heavy atom. The summed E-state index contributed by atoms with van der Waals surface area (Å²) in [5, 5.41) is 3.66. The van der Waals surface area contributed by atoms with E-state index in [1.165, 1.54) is 16.7 Å². The first-order valence-electron chi connectivity index (χ1n) is 8.25. The summed E-state index contributed by atoms with van der Waals surface area (Å²) in [6.45, 7) is 8.19.